The van der Waals surface area contributed by atoms with Crippen LogP contribution in [0.2, 0.25) is 0 Å². The molecule has 1 aliphatic heterocycles. The highest BCUT2D eigenvalue weighted by molar-refractivity contribution is 9.11. The summed E-state index contributed by atoms with van der Waals surface area (Å²) in [5, 5.41) is 6.25. The van der Waals surface area contributed by atoms with Crippen molar-refractivity contribution in [2.45, 2.75) is 31.7 Å². The predicted molar refractivity (Wildman–Crippen MR) is 74.4 cm³/mol. The van der Waals surface area contributed by atoms with Gasteiger partial charge < -0.3 is 10.6 Å². The first-order valence-electron chi connectivity index (χ1n) is 6.01. The van der Waals surface area contributed by atoms with E-state index in [0.29, 0.717) is 0 Å². The Hall–Kier alpha value is -0.390. The summed E-state index contributed by atoms with van der Waals surface area (Å²) in [4.78, 5) is 13.1. The van der Waals surface area contributed by atoms with Gasteiger partial charge in [-0.1, -0.05) is 6.42 Å². The molecular weight excluding hydrogens is 300 g/mol. The highest BCUT2D eigenvalue weighted by Crippen LogP contribution is 2.22. The summed E-state index contributed by atoms with van der Waals surface area (Å²) in [7, 11) is 0. The molecule has 1 atom stereocenters. The first kappa shape index (κ1) is 13.1. The van der Waals surface area contributed by atoms with Crippen LogP contribution < -0.4 is 10.6 Å². The third-order valence-electron chi connectivity index (χ3n) is 2.93. The van der Waals surface area contributed by atoms with Crippen molar-refractivity contribution in [1.82, 2.24) is 10.6 Å². The average molecular weight is 317 g/mol. The molecule has 2 rings (SSSR count). The van der Waals surface area contributed by atoms with E-state index >= 15 is 0 Å². The van der Waals surface area contributed by atoms with Gasteiger partial charge in [-0.15, -0.1) is 11.3 Å². The number of carbonyl (C=O) groups excluding carboxylic acids is 1. The molecule has 1 aliphatic rings. The van der Waals surface area contributed by atoms with E-state index in [-0.39, 0.29) is 11.9 Å². The van der Waals surface area contributed by atoms with Crippen LogP contribution >= 0.6 is 27.3 Å². The Balaban J connectivity index is 1.69. The van der Waals surface area contributed by atoms with Gasteiger partial charge in [-0.3, -0.25) is 4.79 Å². The van der Waals surface area contributed by atoms with E-state index in [0.717, 1.165) is 36.1 Å². The number of carbonyl (C=O) groups is 1. The van der Waals surface area contributed by atoms with E-state index in [4.69, 9.17) is 0 Å². The van der Waals surface area contributed by atoms with Crippen LogP contribution in [0.15, 0.2) is 15.9 Å². The molecule has 1 aromatic rings. The first-order valence-corrected chi connectivity index (χ1v) is 7.62. The van der Waals surface area contributed by atoms with Crippen molar-refractivity contribution < 1.29 is 4.79 Å². The summed E-state index contributed by atoms with van der Waals surface area (Å²) in [6.07, 6.45) is 4.22. The Kier molecular flexibility index (Phi) is 5.00. The van der Waals surface area contributed by atoms with Crippen molar-refractivity contribution in [2.24, 2.45) is 0 Å². The first-order chi connectivity index (χ1) is 8.25. The summed E-state index contributed by atoms with van der Waals surface area (Å²) in [5.41, 5.74) is 0. The number of hydrogen-bond acceptors (Lipinski definition) is 3. The number of nitrogens with one attached hydrogen (secondary N) is 2. The number of thiophene rings is 1. The van der Waals surface area contributed by atoms with E-state index in [1.54, 1.807) is 11.3 Å². The molecule has 1 amide bonds. The van der Waals surface area contributed by atoms with Crippen molar-refractivity contribution in [2.75, 3.05) is 13.1 Å². The molecule has 0 aliphatic carbocycles. The fourth-order valence-electron chi connectivity index (χ4n) is 1.99. The molecule has 1 fully saturated rings. The van der Waals surface area contributed by atoms with Crippen LogP contribution in [0, 0.1) is 0 Å². The third-order valence-corrected chi connectivity index (χ3v) is 4.61. The molecule has 1 saturated heterocycles. The summed E-state index contributed by atoms with van der Waals surface area (Å²) in [6.45, 7) is 1.69. The highest BCUT2D eigenvalue weighted by Gasteiger charge is 2.19. The maximum Gasteiger partial charge on any atom is 0.237 e. The van der Waals surface area contributed by atoms with Gasteiger partial charge in [0, 0.05) is 11.4 Å². The number of piperidine rings is 1. The lowest BCUT2D eigenvalue weighted by Crippen LogP contribution is -2.47. The molecule has 2 N–H and O–H groups in total. The van der Waals surface area contributed by atoms with Gasteiger partial charge in [0.15, 0.2) is 0 Å². The molecule has 0 unspecified atom stereocenters. The fourth-order valence-corrected chi connectivity index (χ4v) is 3.48. The molecule has 2 heterocycles. The second-order valence-electron chi connectivity index (χ2n) is 4.25. The van der Waals surface area contributed by atoms with Crippen molar-refractivity contribution in [3.63, 3.8) is 0 Å². The van der Waals surface area contributed by atoms with Crippen LogP contribution in [0.5, 0.6) is 0 Å². The number of amides is 1. The SMILES string of the molecule is O=C(NCCc1ccc(Br)s1)[C@H]1CCCCN1. The van der Waals surface area contributed by atoms with E-state index in [1.807, 2.05) is 6.07 Å². The van der Waals surface area contributed by atoms with Gasteiger partial charge in [-0.25, -0.2) is 0 Å². The Labute approximate surface area is 114 Å². The van der Waals surface area contributed by atoms with Crippen molar-refractivity contribution in [1.29, 1.82) is 0 Å². The summed E-state index contributed by atoms with van der Waals surface area (Å²) in [6, 6.07) is 4.17. The van der Waals surface area contributed by atoms with Gasteiger partial charge >= 0.3 is 0 Å². The molecular formula is C12H17BrN2OS. The molecule has 5 heteroatoms. The Bertz CT molecular complexity index is 374. The van der Waals surface area contributed by atoms with Gasteiger partial charge in [0.1, 0.15) is 0 Å². The molecule has 0 aromatic carbocycles. The van der Waals surface area contributed by atoms with Crippen LogP contribution in [0.4, 0.5) is 0 Å². The lowest BCUT2D eigenvalue weighted by Gasteiger charge is -2.22. The molecule has 0 saturated carbocycles. The number of hydrogen-bond donors (Lipinski definition) is 2. The lowest BCUT2D eigenvalue weighted by atomic mass is 10.0. The molecule has 17 heavy (non-hydrogen) atoms. The minimum Gasteiger partial charge on any atom is -0.354 e. The van der Waals surface area contributed by atoms with E-state index in [9.17, 15) is 4.79 Å². The zero-order valence-electron chi connectivity index (χ0n) is 9.67. The summed E-state index contributed by atoms with van der Waals surface area (Å²) in [5.74, 6) is 0.153. The Morgan fingerprint density at radius 2 is 2.41 bits per heavy atom. The second kappa shape index (κ2) is 6.52. The highest BCUT2D eigenvalue weighted by atomic mass is 79.9. The number of rotatable bonds is 4. The molecule has 3 nitrogen and oxygen atoms in total. The van der Waals surface area contributed by atoms with Gasteiger partial charge in [-0.05, 0) is 53.9 Å². The summed E-state index contributed by atoms with van der Waals surface area (Å²) < 4.78 is 1.15. The maximum absolute atomic E-state index is 11.8. The fraction of sp³-hybridized carbons (Fsp3) is 0.583. The second-order valence-corrected chi connectivity index (χ2v) is 6.80. The quantitative estimate of drug-likeness (QED) is 0.895. The van der Waals surface area contributed by atoms with Gasteiger partial charge in [-0.2, -0.15) is 0 Å². The molecule has 0 spiro atoms. The van der Waals surface area contributed by atoms with E-state index < -0.39 is 0 Å². The van der Waals surface area contributed by atoms with Crippen LogP contribution in [0.25, 0.3) is 0 Å². The predicted octanol–water partition coefficient (Wildman–Crippen LogP) is 2.31. The monoisotopic (exact) mass is 316 g/mol. The molecule has 0 bridgehead atoms. The normalized spacial score (nSPS) is 20.2. The molecule has 1 aromatic heterocycles. The van der Waals surface area contributed by atoms with Crippen molar-refractivity contribution >= 4 is 33.2 Å². The Morgan fingerprint density at radius 3 is 3.06 bits per heavy atom. The van der Waals surface area contributed by atoms with Gasteiger partial charge in [0.2, 0.25) is 5.91 Å². The van der Waals surface area contributed by atoms with E-state index in [1.165, 1.54) is 11.3 Å². The Morgan fingerprint density at radius 1 is 1.53 bits per heavy atom. The summed E-state index contributed by atoms with van der Waals surface area (Å²) >= 11 is 5.16. The van der Waals surface area contributed by atoms with Gasteiger partial charge in [0.05, 0.1) is 9.83 Å². The lowest BCUT2D eigenvalue weighted by molar-refractivity contribution is -0.123. The zero-order chi connectivity index (χ0) is 12.1. The number of halogens is 1. The van der Waals surface area contributed by atoms with Crippen LogP contribution in [0.3, 0.4) is 0 Å². The largest absolute Gasteiger partial charge is 0.354 e. The third kappa shape index (κ3) is 4.08. The topological polar surface area (TPSA) is 41.1 Å². The zero-order valence-corrected chi connectivity index (χ0v) is 12.1. The average Bonchev–Trinajstić information content (AvgIpc) is 2.76. The van der Waals surface area contributed by atoms with Gasteiger partial charge in [0.25, 0.3) is 0 Å². The molecule has 0 radical (unpaired) electrons. The van der Waals surface area contributed by atoms with Crippen molar-refractivity contribution in [3.8, 4) is 0 Å². The molecule has 94 valence electrons. The minimum atomic E-state index is 0.0267. The van der Waals surface area contributed by atoms with Crippen LogP contribution in [-0.2, 0) is 11.2 Å². The van der Waals surface area contributed by atoms with Crippen LogP contribution in [-0.4, -0.2) is 25.0 Å². The van der Waals surface area contributed by atoms with Crippen LogP contribution in [0.1, 0.15) is 24.1 Å². The van der Waals surface area contributed by atoms with E-state index in [2.05, 4.69) is 32.6 Å². The van der Waals surface area contributed by atoms with Crippen molar-refractivity contribution in [3.05, 3.63) is 20.8 Å². The maximum atomic E-state index is 11.8. The minimum absolute atomic E-state index is 0.0267. The smallest absolute Gasteiger partial charge is 0.237 e. The standard InChI is InChI=1S/C12H17BrN2OS/c13-11-5-4-9(17-11)6-8-15-12(16)10-3-1-2-7-14-10/h4-5,10,14H,1-3,6-8H2,(H,15,16)/t10-/m1/s1.